The summed E-state index contributed by atoms with van der Waals surface area (Å²) in [4.78, 5) is 2.20. The van der Waals surface area contributed by atoms with Crippen LogP contribution >= 0.6 is 0 Å². The fourth-order valence-corrected chi connectivity index (χ4v) is 2.47. The highest BCUT2D eigenvalue weighted by Crippen LogP contribution is 2.34. The van der Waals surface area contributed by atoms with E-state index in [4.69, 9.17) is 5.73 Å². The van der Waals surface area contributed by atoms with Gasteiger partial charge in [0.25, 0.3) is 0 Å². The van der Waals surface area contributed by atoms with Gasteiger partial charge in [0.15, 0.2) is 0 Å². The molecule has 0 radical (unpaired) electrons. The molecule has 18 heavy (non-hydrogen) atoms. The van der Waals surface area contributed by atoms with Crippen LogP contribution in [0, 0.1) is 5.82 Å². The van der Waals surface area contributed by atoms with Crippen molar-refractivity contribution in [3.8, 4) is 11.3 Å². The molecule has 1 aliphatic rings. The zero-order valence-corrected chi connectivity index (χ0v) is 9.99. The summed E-state index contributed by atoms with van der Waals surface area (Å²) in [5.41, 5.74) is 7.70. The zero-order chi connectivity index (χ0) is 12.5. The van der Waals surface area contributed by atoms with E-state index in [0.717, 1.165) is 31.6 Å². The van der Waals surface area contributed by atoms with Gasteiger partial charge in [0.2, 0.25) is 0 Å². The van der Waals surface area contributed by atoms with Crippen LogP contribution in [0.25, 0.3) is 11.3 Å². The predicted molar refractivity (Wildman–Crippen MR) is 69.8 cm³/mol. The molecule has 0 amide bonds. The van der Waals surface area contributed by atoms with Gasteiger partial charge >= 0.3 is 0 Å². The third-order valence-corrected chi connectivity index (χ3v) is 3.31. The molecule has 0 spiro atoms. The lowest BCUT2D eigenvalue weighted by Gasteiger charge is -2.21. The Morgan fingerprint density at radius 2 is 2.06 bits per heavy atom. The second-order valence-corrected chi connectivity index (χ2v) is 4.53. The molecule has 3 N–H and O–H groups in total. The molecule has 2 heterocycles. The second-order valence-electron chi connectivity index (χ2n) is 4.53. The third-order valence-electron chi connectivity index (χ3n) is 3.31. The first kappa shape index (κ1) is 11.1. The smallest absolute Gasteiger partial charge is 0.145 e. The first-order valence-corrected chi connectivity index (χ1v) is 6.10. The lowest BCUT2D eigenvalue weighted by molar-refractivity contribution is 0.630. The summed E-state index contributed by atoms with van der Waals surface area (Å²) in [5.74, 6) is 0.128. The number of aromatic amines is 1. The molecule has 1 saturated heterocycles. The van der Waals surface area contributed by atoms with Crippen LogP contribution in [0.2, 0.25) is 0 Å². The van der Waals surface area contributed by atoms with Crippen molar-refractivity contribution in [2.45, 2.75) is 12.8 Å². The molecule has 0 saturated carbocycles. The van der Waals surface area contributed by atoms with E-state index in [9.17, 15) is 4.39 Å². The molecule has 1 aliphatic heterocycles. The maximum absolute atomic E-state index is 14.1. The van der Waals surface area contributed by atoms with Crippen LogP contribution in [0.3, 0.4) is 0 Å². The van der Waals surface area contributed by atoms with E-state index in [1.54, 1.807) is 12.1 Å². The summed E-state index contributed by atoms with van der Waals surface area (Å²) in [7, 11) is 0. The van der Waals surface area contributed by atoms with E-state index in [1.807, 2.05) is 6.07 Å². The Morgan fingerprint density at radius 3 is 2.72 bits per heavy atom. The molecule has 0 unspecified atom stereocenters. The van der Waals surface area contributed by atoms with Gasteiger partial charge in [-0.15, -0.1) is 0 Å². The van der Waals surface area contributed by atoms with Crippen molar-refractivity contribution in [1.82, 2.24) is 10.2 Å². The minimum Gasteiger partial charge on any atom is -0.382 e. The van der Waals surface area contributed by atoms with Crippen molar-refractivity contribution in [3.05, 3.63) is 30.1 Å². The minimum atomic E-state index is -0.247. The standard InChI is InChI=1S/C13H15FN4/c14-9-4-3-5-11(18-6-1-2-7-18)13(9)10-8-12(15)17-16-10/h3-5,8H,1-2,6-7H2,(H3,15,16,17). The molecule has 0 atom stereocenters. The number of hydrogen-bond acceptors (Lipinski definition) is 3. The maximum Gasteiger partial charge on any atom is 0.145 e. The molecule has 94 valence electrons. The predicted octanol–water partition coefficient (Wildman–Crippen LogP) is 2.40. The number of nitrogens with two attached hydrogens (primary N) is 1. The summed E-state index contributed by atoms with van der Waals surface area (Å²) in [6.45, 7) is 1.94. The number of halogens is 1. The van der Waals surface area contributed by atoms with Crippen LogP contribution in [-0.4, -0.2) is 23.3 Å². The van der Waals surface area contributed by atoms with Crippen LogP contribution in [0.5, 0.6) is 0 Å². The molecule has 1 aromatic heterocycles. The summed E-state index contributed by atoms with van der Waals surface area (Å²) in [5, 5.41) is 6.65. The molecule has 1 aromatic carbocycles. The number of hydrogen-bond donors (Lipinski definition) is 2. The van der Waals surface area contributed by atoms with Gasteiger partial charge in [0.05, 0.1) is 11.3 Å². The van der Waals surface area contributed by atoms with E-state index in [-0.39, 0.29) is 5.82 Å². The van der Waals surface area contributed by atoms with E-state index in [1.165, 1.54) is 6.07 Å². The van der Waals surface area contributed by atoms with Gasteiger partial charge < -0.3 is 10.6 Å². The highest BCUT2D eigenvalue weighted by molar-refractivity contribution is 5.78. The topological polar surface area (TPSA) is 57.9 Å². The Bertz CT molecular complexity index is 558. The lowest BCUT2D eigenvalue weighted by atomic mass is 10.1. The molecule has 2 aromatic rings. The molecule has 3 rings (SSSR count). The molecule has 0 bridgehead atoms. The van der Waals surface area contributed by atoms with Crippen molar-refractivity contribution in [2.24, 2.45) is 0 Å². The molecule has 5 heteroatoms. The average Bonchev–Trinajstić information content (AvgIpc) is 2.99. The van der Waals surface area contributed by atoms with Gasteiger partial charge in [0.1, 0.15) is 11.6 Å². The largest absolute Gasteiger partial charge is 0.382 e. The molecular formula is C13H15FN4. The normalized spacial score (nSPS) is 15.3. The Hall–Kier alpha value is -2.04. The second kappa shape index (κ2) is 4.33. The molecular weight excluding hydrogens is 231 g/mol. The van der Waals surface area contributed by atoms with Crippen LogP contribution in [0.1, 0.15) is 12.8 Å². The van der Waals surface area contributed by atoms with Gasteiger partial charge in [-0.05, 0) is 25.0 Å². The van der Waals surface area contributed by atoms with E-state index < -0.39 is 0 Å². The number of aromatic nitrogens is 2. The number of nitrogens with one attached hydrogen (secondary N) is 1. The maximum atomic E-state index is 14.1. The average molecular weight is 246 g/mol. The van der Waals surface area contributed by atoms with Gasteiger partial charge in [-0.2, -0.15) is 5.10 Å². The van der Waals surface area contributed by atoms with Crippen LogP contribution < -0.4 is 10.6 Å². The van der Waals surface area contributed by atoms with E-state index in [0.29, 0.717) is 17.1 Å². The summed E-state index contributed by atoms with van der Waals surface area (Å²) in [6.07, 6.45) is 2.31. The van der Waals surface area contributed by atoms with Gasteiger partial charge in [-0.3, -0.25) is 5.10 Å². The number of H-pyrrole nitrogens is 1. The Kier molecular flexibility index (Phi) is 2.66. The summed E-state index contributed by atoms with van der Waals surface area (Å²) < 4.78 is 14.1. The van der Waals surface area contributed by atoms with Crippen molar-refractivity contribution in [3.63, 3.8) is 0 Å². The zero-order valence-electron chi connectivity index (χ0n) is 9.99. The van der Waals surface area contributed by atoms with Gasteiger partial charge in [-0.25, -0.2) is 4.39 Å². The Morgan fingerprint density at radius 1 is 1.28 bits per heavy atom. The molecule has 1 fully saturated rings. The SMILES string of the molecule is Nc1cc(-c2c(F)cccc2N2CCCC2)[nH]n1. The highest BCUT2D eigenvalue weighted by Gasteiger charge is 2.20. The van der Waals surface area contributed by atoms with Crippen LogP contribution in [0.15, 0.2) is 24.3 Å². The van der Waals surface area contributed by atoms with Gasteiger partial charge in [-0.1, -0.05) is 6.07 Å². The van der Waals surface area contributed by atoms with Crippen LogP contribution in [-0.2, 0) is 0 Å². The Labute approximate surface area is 105 Å². The number of benzene rings is 1. The van der Waals surface area contributed by atoms with Crippen molar-refractivity contribution in [2.75, 3.05) is 23.7 Å². The summed E-state index contributed by atoms with van der Waals surface area (Å²) in [6, 6.07) is 6.82. The van der Waals surface area contributed by atoms with E-state index >= 15 is 0 Å². The number of nitrogen functional groups attached to an aromatic ring is 1. The number of anilines is 2. The number of nitrogens with zero attached hydrogens (tertiary/aromatic N) is 2. The third kappa shape index (κ3) is 1.81. The highest BCUT2D eigenvalue weighted by atomic mass is 19.1. The molecule has 0 aliphatic carbocycles. The summed E-state index contributed by atoms with van der Waals surface area (Å²) >= 11 is 0. The van der Waals surface area contributed by atoms with Crippen molar-refractivity contribution < 1.29 is 4.39 Å². The number of rotatable bonds is 2. The van der Waals surface area contributed by atoms with Crippen molar-refractivity contribution in [1.29, 1.82) is 0 Å². The van der Waals surface area contributed by atoms with Crippen molar-refractivity contribution >= 4 is 11.5 Å². The van der Waals surface area contributed by atoms with Gasteiger partial charge in [0, 0.05) is 24.8 Å². The lowest BCUT2D eigenvalue weighted by Crippen LogP contribution is -2.18. The Balaban J connectivity index is 2.11. The fourth-order valence-electron chi connectivity index (χ4n) is 2.47. The monoisotopic (exact) mass is 246 g/mol. The van der Waals surface area contributed by atoms with E-state index in [2.05, 4.69) is 15.1 Å². The quantitative estimate of drug-likeness (QED) is 0.855. The first-order valence-electron chi connectivity index (χ1n) is 6.10. The first-order chi connectivity index (χ1) is 8.75. The fraction of sp³-hybridized carbons (Fsp3) is 0.308. The molecule has 4 nitrogen and oxygen atoms in total. The minimum absolute atomic E-state index is 0.247. The van der Waals surface area contributed by atoms with Crippen LogP contribution in [0.4, 0.5) is 15.9 Å².